The number of aliphatic imine (C=N–C) groups is 1. The molecule has 2 amide bonds. The van der Waals surface area contributed by atoms with Crippen molar-refractivity contribution in [3.8, 4) is 6.07 Å². The summed E-state index contributed by atoms with van der Waals surface area (Å²) < 4.78 is 21.3. The molecule has 1 saturated heterocycles. The first-order chi connectivity index (χ1) is 17.5. The zero-order valence-corrected chi connectivity index (χ0v) is 21.8. The number of pyridine rings is 1. The number of aromatic nitrogens is 1. The van der Waals surface area contributed by atoms with Gasteiger partial charge in [-0.25, -0.2) is 19.2 Å². The van der Waals surface area contributed by atoms with Crippen molar-refractivity contribution in [1.29, 1.82) is 5.26 Å². The van der Waals surface area contributed by atoms with Crippen molar-refractivity contribution in [3.05, 3.63) is 59.2 Å². The third kappa shape index (κ3) is 5.17. The Hall–Kier alpha value is -3.49. The number of fused-ring (bicyclic) bond motifs is 1. The Morgan fingerprint density at radius 2 is 2.08 bits per heavy atom. The zero-order chi connectivity index (χ0) is 27.0. The maximum Gasteiger partial charge on any atom is 0.413 e. The van der Waals surface area contributed by atoms with Crippen LogP contribution in [0.5, 0.6) is 0 Å². The second kappa shape index (κ2) is 10.1. The van der Waals surface area contributed by atoms with E-state index in [4.69, 9.17) is 15.0 Å². The molecule has 4 rings (SSSR count). The van der Waals surface area contributed by atoms with Crippen molar-refractivity contribution in [2.45, 2.75) is 50.4 Å². The smallest absolute Gasteiger partial charge is 0.413 e. The van der Waals surface area contributed by atoms with Crippen LogP contribution in [0.25, 0.3) is 0 Å². The number of nitrogens with zero attached hydrogens (tertiary/aromatic N) is 4. The fraction of sp³-hybridized carbons (Fsp3) is 0.423. The average Bonchev–Trinajstić information content (AvgIpc) is 2.84. The van der Waals surface area contributed by atoms with Gasteiger partial charge in [-0.05, 0) is 57.5 Å². The molecule has 1 aromatic heterocycles. The van der Waals surface area contributed by atoms with Crippen LogP contribution in [0, 0.1) is 23.1 Å². The van der Waals surface area contributed by atoms with Gasteiger partial charge in [0.1, 0.15) is 23.1 Å². The fourth-order valence-electron chi connectivity index (χ4n) is 4.79. The van der Waals surface area contributed by atoms with Crippen LogP contribution in [-0.4, -0.2) is 56.2 Å². The molecule has 2 aliphatic rings. The molecule has 1 aromatic carbocycles. The number of nitriles is 1. The molecule has 0 spiro atoms. The number of hydrogen-bond acceptors (Lipinski definition) is 7. The van der Waals surface area contributed by atoms with E-state index in [1.165, 1.54) is 53.2 Å². The first-order valence-electron chi connectivity index (χ1n) is 11.8. The summed E-state index contributed by atoms with van der Waals surface area (Å²) in [6.07, 6.45) is 0.778. The lowest BCUT2D eigenvalue weighted by atomic mass is 9.74. The van der Waals surface area contributed by atoms with Gasteiger partial charge >= 0.3 is 6.09 Å². The molecule has 194 valence electrons. The molecule has 0 bridgehead atoms. The first kappa shape index (κ1) is 26.6. The monoisotopic (exact) mass is 525 g/mol. The van der Waals surface area contributed by atoms with Gasteiger partial charge in [-0.15, -0.1) is 0 Å². The summed E-state index contributed by atoms with van der Waals surface area (Å²) in [5.41, 5.74) is -0.955. The number of thioether (sulfide) groups is 1. The first-order valence-corrected chi connectivity index (χ1v) is 12.7. The second-order valence-electron chi connectivity index (χ2n) is 10.1. The molecule has 0 saturated carbocycles. The summed E-state index contributed by atoms with van der Waals surface area (Å²) in [4.78, 5) is 35.1. The molecule has 3 heterocycles. The third-order valence-electron chi connectivity index (χ3n) is 6.53. The molecule has 9 nitrogen and oxygen atoms in total. The topological polar surface area (TPSA) is 128 Å². The Kier molecular flexibility index (Phi) is 7.26. The van der Waals surface area contributed by atoms with Crippen molar-refractivity contribution < 1.29 is 23.8 Å². The normalized spacial score (nSPS) is 23.3. The Morgan fingerprint density at radius 3 is 2.70 bits per heavy atom. The van der Waals surface area contributed by atoms with E-state index in [0.29, 0.717) is 24.3 Å². The number of benzene rings is 1. The lowest BCUT2D eigenvalue weighted by molar-refractivity contribution is -0.00509. The second-order valence-corrected chi connectivity index (χ2v) is 11.4. The number of anilines is 1. The number of carboxylic acid groups (broad SMARTS) is 1. The van der Waals surface area contributed by atoms with Gasteiger partial charge in [0, 0.05) is 40.8 Å². The lowest BCUT2D eigenvalue weighted by Crippen LogP contribution is -2.55. The largest absolute Gasteiger partial charge is 0.465 e. The van der Waals surface area contributed by atoms with Gasteiger partial charge in [0.25, 0.3) is 5.91 Å². The van der Waals surface area contributed by atoms with Crippen molar-refractivity contribution in [1.82, 2.24) is 9.88 Å². The molecule has 1 fully saturated rings. The van der Waals surface area contributed by atoms with Gasteiger partial charge in [-0.1, -0.05) is 18.7 Å². The van der Waals surface area contributed by atoms with E-state index in [-0.39, 0.29) is 34.2 Å². The van der Waals surface area contributed by atoms with Crippen molar-refractivity contribution in [3.63, 3.8) is 0 Å². The van der Waals surface area contributed by atoms with Crippen LogP contribution in [-0.2, 0) is 10.3 Å². The summed E-state index contributed by atoms with van der Waals surface area (Å²) in [5, 5.41) is 21.9. The molecule has 0 radical (unpaired) electrons. The minimum atomic E-state index is -1.17. The Bertz CT molecular complexity index is 1290. The number of amides is 2. The fourth-order valence-corrected chi connectivity index (χ4v) is 6.32. The van der Waals surface area contributed by atoms with Gasteiger partial charge in [0.15, 0.2) is 5.17 Å². The summed E-state index contributed by atoms with van der Waals surface area (Å²) >= 11 is 1.37. The van der Waals surface area contributed by atoms with E-state index >= 15 is 4.39 Å². The maximum atomic E-state index is 15.5. The molecule has 3 unspecified atom stereocenters. The highest BCUT2D eigenvalue weighted by Crippen LogP contribution is 2.50. The molecular formula is C26H28FN5O4S. The third-order valence-corrected chi connectivity index (χ3v) is 7.72. The highest BCUT2D eigenvalue weighted by atomic mass is 32.2. The number of carbonyl (C=O) groups excluding carboxylic acids is 1. The standard InChI is InChI=1S/C26H28FN5O4S/c1-15-18-9-10-36-14-26(18,31-23(37-15)32(24(34)35)25(2,3)4)19-11-17(6-7-20(19)27)30-22(33)21-8-5-16(12-28)13-29-21/h5-8,11,13,15,18H,9-10,14H2,1-4H3,(H,30,33)(H,34,35). The van der Waals surface area contributed by atoms with Crippen molar-refractivity contribution in [2.75, 3.05) is 18.5 Å². The SMILES string of the molecule is CC1SC(N(C(=O)O)C(C)(C)C)=NC2(c3cc(NC(=O)c4ccc(C#N)cn4)ccc3F)COCCC12. The van der Waals surface area contributed by atoms with Crippen LogP contribution in [0.1, 0.15) is 55.7 Å². The number of amidine groups is 1. The maximum absolute atomic E-state index is 15.5. The van der Waals surface area contributed by atoms with Crippen LogP contribution in [0.15, 0.2) is 41.5 Å². The Labute approximate surface area is 218 Å². The summed E-state index contributed by atoms with van der Waals surface area (Å²) in [5.74, 6) is -1.16. The Balaban J connectivity index is 1.77. The van der Waals surface area contributed by atoms with Crippen molar-refractivity contribution in [2.24, 2.45) is 10.9 Å². The van der Waals surface area contributed by atoms with Crippen LogP contribution >= 0.6 is 11.8 Å². The van der Waals surface area contributed by atoms with Crippen molar-refractivity contribution >= 4 is 34.6 Å². The van der Waals surface area contributed by atoms with E-state index in [0.717, 1.165) is 0 Å². The number of halogens is 1. The summed E-state index contributed by atoms with van der Waals surface area (Å²) in [6.45, 7) is 7.89. The Morgan fingerprint density at radius 1 is 1.32 bits per heavy atom. The van der Waals surface area contributed by atoms with Crippen LogP contribution in [0.3, 0.4) is 0 Å². The van der Waals surface area contributed by atoms with E-state index in [1.54, 1.807) is 20.8 Å². The number of carbonyl (C=O) groups is 2. The lowest BCUT2D eigenvalue weighted by Gasteiger charge is -2.49. The van der Waals surface area contributed by atoms with E-state index in [1.807, 2.05) is 13.0 Å². The molecule has 11 heteroatoms. The molecule has 2 N–H and O–H groups in total. The summed E-state index contributed by atoms with van der Waals surface area (Å²) in [6, 6.07) is 9.11. The predicted octanol–water partition coefficient (Wildman–Crippen LogP) is 4.85. The molecule has 3 atom stereocenters. The summed E-state index contributed by atoms with van der Waals surface area (Å²) in [7, 11) is 0. The quantitative estimate of drug-likeness (QED) is 0.586. The number of ether oxygens (including phenoxy) is 1. The molecule has 2 aliphatic heterocycles. The molecular weight excluding hydrogens is 497 g/mol. The van der Waals surface area contributed by atoms with Crippen LogP contribution in [0.4, 0.5) is 14.9 Å². The van der Waals surface area contributed by atoms with Crippen LogP contribution < -0.4 is 5.32 Å². The number of rotatable bonds is 3. The van der Waals surface area contributed by atoms with Gasteiger partial charge in [-0.2, -0.15) is 5.26 Å². The van der Waals surface area contributed by atoms with E-state index in [9.17, 15) is 14.7 Å². The molecule has 0 aliphatic carbocycles. The van der Waals surface area contributed by atoms with Gasteiger partial charge in [0.05, 0.1) is 12.2 Å². The minimum Gasteiger partial charge on any atom is -0.465 e. The minimum absolute atomic E-state index is 0.0684. The molecule has 2 aromatic rings. The zero-order valence-electron chi connectivity index (χ0n) is 21.0. The average molecular weight is 526 g/mol. The highest BCUT2D eigenvalue weighted by molar-refractivity contribution is 8.14. The van der Waals surface area contributed by atoms with E-state index < -0.39 is 28.9 Å². The van der Waals surface area contributed by atoms with E-state index in [2.05, 4.69) is 10.3 Å². The number of nitrogens with one attached hydrogen (secondary N) is 1. The van der Waals surface area contributed by atoms with Gasteiger partial charge in [-0.3, -0.25) is 9.69 Å². The molecule has 37 heavy (non-hydrogen) atoms. The van der Waals surface area contributed by atoms with Gasteiger partial charge in [0.2, 0.25) is 0 Å². The number of hydrogen-bond donors (Lipinski definition) is 2. The van der Waals surface area contributed by atoms with Crippen LogP contribution in [0.2, 0.25) is 0 Å². The van der Waals surface area contributed by atoms with Gasteiger partial charge < -0.3 is 15.2 Å². The predicted molar refractivity (Wildman–Crippen MR) is 138 cm³/mol. The highest BCUT2D eigenvalue weighted by Gasteiger charge is 2.52.